The maximum atomic E-state index is 12.5. The van der Waals surface area contributed by atoms with Crippen LogP contribution in [-0.4, -0.2) is 88.4 Å². The van der Waals surface area contributed by atoms with E-state index in [1.54, 1.807) is 6.07 Å². The minimum atomic E-state index is -3.45. The van der Waals surface area contributed by atoms with E-state index in [-0.39, 0.29) is 35.5 Å². The second kappa shape index (κ2) is 11.3. The van der Waals surface area contributed by atoms with Crippen LogP contribution in [0.3, 0.4) is 0 Å². The predicted molar refractivity (Wildman–Crippen MR) is 118 cm³/mol. The van der Waals surface area contributed by atoms with E-state index in [1.165, 1.54) is 16.8 Å². The van der Waals surface area contributed by atoms with Crippen molar-refractivity contribution >= 4 is 49.8 Å². The predicted octanol–water partition coefficient (Wildman–Crippen LogP) is 0.140. The molecule has 28 heavy (non-hydrogen) atoms. The van der Waals surface area contributed by atoms with Crippen molar-refractivity contribution in [1.82, 2.24) is 19.7 Å². The Bertz CT molecular complexity index is 819. The smallest absolute Gasteiger partial charge is 0.220 e. The summed E-state index contributed by atoms with van der Waals surface area (Å²) in [6.45, 7) is 4.76. The Morgan fingerprint density at radius 1 is 1.25 bits per heavy atom. The fraction of sp³-hybridized carbons (Fsp3) is 0.733. The van der Waals surface area contributed by atoms with Crippen LogP contribution in [0, 0.1) is 0 Å². The van der Waals surface area contributed by atoms with E-state index in [2.05, 4.69) is 20.0 Å². The van der Waals surface area contributed by atoms with Crippen LogP contribution in [0.4, 0.5) is 0 Å². The van der Waals surface area contributed by atoms with Gasteiger partial charge in [0.25, 0.3) is 0 Å². The molecule has 0 atom stereocenters. The zero-order valence-electron chi connectivity index (χ0n) is 16.1. The summed E-state index contributed by atoms with van der Waals surface area (Å²) < 4.78 is 53.5. The fourth-order valence-electron chi connectivity index (χ4n) is 2.71. The Balaban J connectivity index is 0.00000392. The van der Waals surface area contributed by atoms with Gasteiger partial charge >= 0.3 is 0 Å². The van der Waals surface area contributed by atoms with Crippen molar-refractivity contribution in [3.8, 4) is 0 Å². The van der Waals surface area contributed by atoms with Crippen molar-refractivity contribution in [2.75, 3.05) is 51.3 Å². The molecule has 162 valence electrons. The molecule has 1 N–H and O–H groups in total. The van der Waals surface area contributed by atoms with Gasteiger partial charge in [0, 0.05) is 51.6 Å². The SMILES string of the molecule is CCNC(=NCCCS(C)(=O)=O)N1CCN(S(=O)(=O)Cc2ccon2)CC1.I. The van der Waals surface area contributed by atoms with Gasteiger partial charge in [-0.05, 0) is 13.3 Å². The number of halogens is 1. The van der Waals surface area contributed by atoms with E-state index >= 15 is 0 Å². The summed E-state index contributed by atoms with van der Waals surface area (Å²) in [6, 6.07) is 1.54. The summed E-state index contributed by atoms with van der Waals surface area (Å²) in [5.74, 6) is 0.604. The molecule has 1 fully saturated rings. The molecule has 0 unspecified atom stereocenters. The van der Waals surface area contributed by atoms with E-state index in [4.69, 9.17) is 0 Å². The Morgan fingerprint density at radius 3 is 2.46 bits per heavy atom. The third-order valence-electron chi connectivity index (χ3n) is 4.02. The van der Waals surface area contributed by atoms with Crippen LogP contribution in [0.5, 0.6) is 0 Å². The van der Waals surface area contributed by atoms with Gasteiger partial charge < -0.3 is 14.7 Å². The topological polar surface area (TPSA) is 125 Å². The second-order valence-corrected chi connectivity index (χ2v) is 10.6. The Labute approximate surface area is 183 Å². The molecule has 0 saturated carbocycles. The first-order valence-electron chi connectivity index (χ1n) is 8.79. The van der Waals surface area contributed by atoms with Crippen molar-refractivity contribution in [3.05, 3.63) is 18.0 Å². The molecule has 1 aliphatic rings. The number of piperazine rings is 1. The van der Waals surface area contributed by atoms with Gasteiger partial charge in [0.05, 0.1) is 11.4 Å². The number of sulfonamides is 1. The van der Waals surface area contributed by atoms with Crippen molar-refractivity contribution < 1.29 is 21.4 Å². The summed E-state index contributed by atoms with van der Waals surface area (Å²) in [4.78, 5) is 6.46. The molecule has 0 bridgehead atoms. The third kappa shape index (κ3) is 8.21. The number of nitrogens with zero attached hydrogens (tertiary/aromatic N) is 4. The molecule has 2 rings (SSSR count). The Kier molecular flexibility index (Phi) is 10.1. The molecule has 1 aliphatic heterocycles. The number of guanidine groups is 1. The number of aliphatic imine (C=N–C) groups is 1. The van der Waals surface area contributed by atoms with E-state index in [9.17, 15) is 16.8 Å². The normalized spacial score (nSPS) is 16.6. The third-order valence-corrected chi connectivity index (χ3v) is 6.87. The van der Waals surface area contributed by atoms with Crippen molar-refractivity contribution in [3.63, 3.8) is 0 Å². The van der Waals surface area contributed by atoms with Gasteiger partial charge in [-0.1, -0.05) is 5.16 Å². The van der Waals surface area contributed by atoms with E-state index in [0.717, 1.165) is 0 Å². The van der Waals surface area contributed by atoms with Crippen LogP contribution in [-0.2, 0) is 25.6 Å². The number of aromatic nitrogens is 1. The van der Waals surface area contributed by atoms with Gasteiger partial charge in [0.2, 0.25) is 10.0 Å². The minimum Gasteiger partial charge on any atom is -0.364 e. The largest absolute Gasteiger partial charge is 0.364 e. The maximum absolute atomic E-state index is 12.5. The lowest BCUT2D eigenvalue weighted by molar-refractivity contribution is 0.260. The zero-order valence-corrected chi connectivity index (χ0v) is 20.0. The van der Waals surface area contributed by atoms with Gasteiger partial charge in [-0.25, -0.2) is 16.8 Å². The molecule has 13 heteroatoms. The summed E-state index contributed by atoms with van der Waals surface area (Å²) in [6.07, 6.45) is 3.02. The van der Waals surface area contributed by atoms with Gasteiger partial charge in [-0.2, -0.15) is 4.31 Å². The molecule has 0 aliphatic carbocycles. The van der Waals surface area contributed by atoms with Crippen LogP contribution in [0.25, 0.3) is 0 Å². The highest BCUT2D eigenvalue weighted by Crippen LogP contribution is 2.13. The van der Waals surface area contributed by atoms with Gasteiger partial charge in [-0.15, -0.1) is 24.0 Å². The van der Waals surface area contributed by atoms with Crippen LogP contribution < -0.4 is 5.32 Å². The summed E-state index contributed by atoms with van der Waals surface area (Å²) in [7, 11) is -6.44. The lowest BCUT2D eigenvalue weighted by atomic mass is 10.4. The number of rotatable bonds is 8. The molecule has 1 aromatic rings. The van der Waals surface area contributed by atoms with Gasteiger partial charge in [0.15, 0.2) is 5.96 Å². The fourth-order valence-corrected chi connectivity index (χ4v) is 4.78. The average molecular weight is 549 g/mol. The van der Waals surface area contributed by atoms with Crippen LogP contribution in [0.2, 0.25) is 0 Å². The molecule has 0 aromatic carbocycles. The van der Waals surface area contributed by atoms with Crippen LogP contribution in [0.15, 0.2) is 21.8 Å². The van der Waals surface area contributed by atoms with E-state index < -0.39 is 19.9 Å². The lowest BCUT2D eigenvalue weighted by Crippen LogP contribution is -2.53. The quantitative estimate of drug-likeness (QED) is 0.210. The summed E-state index contributed by atoms with van der Waals surface area (Å²) in [5, 5.41) is 6.84. The minimum absolute atomic E-state index is 0. The lowest BCUT2D eigenvalue weighted by Gasteiger charge is -2.35. The first-order chi connectivity index (χ1) is 12.7. The van der Waals surface area contributed by atoms with E-state index in [1.807, 2.05) is 11.8 Å². The van der Waals surface area contributed by atoms with Crippen LogP contribution in [0.1, 0.15) is 19.0 Å². The van der Waals surface area contributed by atoms with Crippen molar-refractivity contribution in [2.24, 2.45) is 4.99 Å². The molecular weight excluding hydrogens is 521 g/mol. The van der Waals surface area contributed by atoms with Gasteiger partial charge in [0.1, 0.15) is 21.9 Å². The zero-order chi connectivity index (χ0) is 19.9. The molecule has 1 aromatic heterocycles. The Hall–Kier alpha value is -0.930. The number of hydrogen-bond acceptors (Lipinski definition) is 7. The average Bonchev–Trinajstić information content (AvgIpc) is 3.09. The van der Waals surface area contributed by atoms with Crippen LogP contribution >= 0.6 is 24.0 Å². The van der Waals surface area contributed by atoms with Crippen molar-refractivity contribution in [2.45, 2.75) is 19.1 Å². The number of hydrogen-bond donors (Lipinski definition) is 1. The highest BCUT2D eigenvalue weighted by Gasteiger charge is 2.28. The van der Waals surface area contributed by atoms with E-state index in [0.29, 0.717) is 57.3 Å². The molecule has 0 amide bonds. The number of nitrogens with one attached hydrogen (secondary N) is 1. The van der Waals surface area contributed by atoms with Gasteiger partial charge in [-0.3, -0.25) is 4.99 Å². The highest BCUT2D eigenvalue weighted by molar-refractivity contribution is 14.0. The monoisotopic (exact) mass is 549 g/mol. The molecule has 2 heterocycles. The molecule has 0 spiro atoms. The second-order valence-electron chi connectivity index (χ2n) is 6.35. The summed E-state index contributed by atoms with van der Waals surface area (Å²) >= 11 is 0. The summed E-state index contributed by atoms with van der Waals surface area (Å²) in [5.41, 5.74) is 0.387. The maximum Gasteiger partial charge on any atom is 0.220 e. The highest BCUT2D eigenvalue weighted by atomic mass is 127. The number of sulfone groups is 1. The standard InChI is InChI=1S/C15H27N5O5S2.HI/c1-3-16-15(17-6-4-12-26(2,21)22)19-7-9-20(10-8-19)27(23,24)13-14-5-11-25-18-14;/h5,11H,3-4,6-10,12-13H2,1-2H3,(H,16,17);1H. The molecular formula is C15H28IN5O5S2. The van der Waals surface area contributed by atoms with Crippen molar-refractivity contribution in [1.29, 1.82) is 0 Å². The molecule has 1 saturated heterocycles. The molecule has 0 radical (unpaired) electrons. The first kappa shape index (κ1) is 25.1. The first-order valence-corrected chi connectivity index (χ1v) is 12.5. The molecule has 10 nitrogen and oxygen atoms in total. The Morgan fingerprint density at radius 2 is 1.93 bits per heavy atom.